The molecule has 1 aromatic carbocycles. The maximum atomic E-state index is 12.3. The Morgan fingerprint density at radius 2 is 1.93 bits per heavy atom. The number of fused-ring (bicyclic) bond motifs is 1. The maximum absolute atomic E-state index is 12.3. The second-order valence-electron chi connectivity index (χ2n) is 2.87. The fraction of sp³-hybridized carbons (Fsp3) is 0.100. The van der Waals surface area contributed by atoms with Crippen LogP contribution in [0, 0.1) is 0 Å². The normalized spacial score (nSPS) is 11.1. The molecule has 4 heteroatoms. The summed E-state index contributed by atoms with van der Waals surface area (Å²) in [6.45, 7) is 0. The molecule has 0 saturated carbocycles. The van der Waals surface area contributed by atoms with E-state index < -0.39 is 6.43 Å². The molecule has 0 aliphatic heterocycles. The minimum absolute atomic E-state index is 0.181. The molecule has 0 fully saturated rings. The van der Waals surface area contributed by atoms with Gasteiger partial charge in [-0.15, -0.1) is 0 Å². The van der Waals surface area contributed by atoms with Gasteiger partial charge in [0.2, 0.25) is 0 Å². The smallest absolute Gasteiger partial charge is 0.247 e. The first-order valence-electron chi connectivity index (χ1n) is 4.01. The number of benzene rings is 1. The number of nitrogens with zero attached hydrogens (tertiary/aromatic N) is 1. The van der Waals surface area contributed by atoms with E-state index in [1.165, 1.54) is 6.07 Å². The second kappa shape index (κ2) is 3.61. The van der Waals surface area contributed by atoms with Gasteiger partial charge in [-0.2, -0.15) is 0 Å². The average molecular weight is 258 g/mol. The molecule has 14 heavy (non-hydrogen) atoms. The molecular formula is C10H6BrF2N. The fourth-order valence-corrected chi connectivity index (χ4v) is 1.61. The van der Waals surface area contributed by atoms with E-state index in [0.717, 1.165) is 9.86 Å². The zero-order valence-corrected chi connectivity index (χ0v) is 8.63. The van der Waals surface area contributed by atoms with Gasteiger partial charge in [-0.3, -0.25) is 0 Å². The molecule has 0 atom stereocenters. The lowest BCUT2D eigenvalue weighted by Gasteiger charge is -2.01. The fourth-order valence-electron chi connectivity index (χ4n) is 1.23. The van der Waals surface area contributed by atoms with E-state index in [0.29, 0.717) is 5.52 Å². The van der Waals surface area contributed by atoms with Crippen LogP contribution in [0.3, 0.4) is 0 Å². The van der Waals surface area contributed by atoms with Crippen molar-refractivity contribution in [1.29, 1.82) is 0 Å². The van der Waals surface area contributed by atoms with Gasteiger partial charge in [0.05, 0.1) is 5.52 Å². The Morgan fingerprint density at radius 3 is 2.64 bits per heavy atom. The van der Waals surface area contributed by atoms with Gasteiger partial charge >= 0.3 is 0 Å². The third-order valence-corrected chi connectivity index (χ3v) is 2.39. The van der Waals surface area contributed by atoms with Gasteiger partial charge in [0.1, 0.15) is 5.69 Å². The lowest BCUT2D eigenvalue weighted by atomic mass is 10.2. The summed E-state index contributed by atoms with van der Waals surface area (Å²) in [4.78, 5) is 3.84. The van der Waals surface area contributed by atoms with Crippen LogP contribution in [0.2, 0.25) is 0 Å². The van der Waals surface area contributed by atoms with E-state index in [4.69, 9.17) is 0 Å². The highest BCUT2D eigenvalue weighted by Crippen LogP contribution is 2.22. The number of alkyl halides is 2. The highest BCUT2D eigenvalue weighted by atomic mass is 79.9. The van der Waals surface area contributed by atoms with Crippen LogP contribution in [0.4, 0.5) is 8.78 Å². The molecule has 0 radical (unpaired) electrons. The topological polar surface area (TPSA) is 12.9 Å². The molecule has 1 nitrogen and oxygen atoms in total. The zero-order valence-electron chi connectivity index (χ0n) is 7.05. The van der Waals surface area contributed by atoms with E-state index in [9.17, 15) is 8.78 Å². The Bertz CT molecular complexity index is 471. The van der Waals surface area contributed by atoms with Gasteiger partial charge in [-0.25, -0.2) is 13.8 Å². The van der Waals surface area contributed by atoms with Crippen molar-refractivity contribution in [1.82, 2.24) is 4.98 Å². The molecule has 72 valence electrons. The van der Waals surface area contributed by atoms with Crippen molar-refractivity contribution in [2.75, 3.05) is 0 Å². The van der Waals surface area contributed by atoms with Gasteiger partial charge in [0.25, 0.3) is 6.43 Å². The van der Waals surface area contributed by atoms with E-state index >= 15 is 0 Å². The number of aromatic nitrogens is 1. The number of hydrogen-bond acceptors (Lipinski definition) is 1. The first kappa shape index (κ1) is 9.52. The van der Waals surface area contributed by atoms with Crippen LogP contribution >= 0.6 is 15.9 Å². The summed E-state index contributed by atoms with van der Waals surface area (Å²) in [6.07, 6.45) is -2.51. The van der Waals surface area contributed by atoms with Crippen LogP contribution in [0.5, 0.6) is 0 Å². The molecule has 0 bridgehead atoms. The summed E-state index contributed by atoms with van der Waals surface area (Å²) in [5, 5.41) is 0.851. The standard InChI is InChI=1S/C10H6BrF2N/c11-7-2-4-8-6(5-7)1-3-9(14-8)10(12)13/h1-5,10H. The van der Waals surface area contributed by atoms with Crippen LogP contribution in [0.1, 0.15) is 12.1 Å². The molecule has 0 aliphatic carbocycles. The Hall–Kier alpha value is -1.03. The predicted molar refractivity (Wildman–Crippen MR) is 54.4 cm³/mol. The summed E-state index contributed by atoms with van der Waals surface area (Å²) in [6, 6.07) is 8.33. The van der Waals surface area contributed by atoms with Crippen molar-refractivity contribution in [3.63, 3.8) is 0 Å². The number of halogens is 3. The van der Waals surface area contributed by atoms with E-state index in [2.05, 4.69) is 20.9 Å². The highest BCUT2D eigenvalue weighted by Gasteiger charge is 2.08. The monoisotopic (exact) mass is 257 g/mol. The van der Waals surface area contributed by atoms with Crippen molar-refractivity contribution >= 4 is 26.8 Å². The summed E-state index contributed by atoms with van der Waals surface area (Å²) in [7, 11) is 0. The Labute approximate surface area is 87.9 Å². The van der Waals surface area contributed by atoms with Gasteiger partial charge in [-0.05, 0) is 24.3 Å². The van der Waals surface area contributed by atoms with Gasteiger partial charge in [0, 0.05) is 9.86 Å². The molecule has 2 aromatic rings. The maximum Gasteiger partial charge on any atom is 0.280 e. The van der Waals surface area contributed by atoms with Crippen LogP contribution in [0.25, 0.3) is 10.9 Å². The highest BCUT2D eigenvalue weighted by molar-refractivity contribution is 9.10. The van der Waals surface area contributed by atoms with Gasteiger partial charge in [0.15, 0.2) is 0 Å². The van der Waals surface area contributed by atoms with Crippen molar-refractivity contribution in [2.24, 2.45) is 0 Å². The number of rotatable bonds is 1. The Balaban J connectivity index is 2.62. The molecule has 0 unspecified atom stereocenters. The molecule has 0 spiro atoms. The van der Waals surface area contributed by atoms with Crippen molar-refractivity contribution in [2.45, 2.75) is 6.43 Å². The van der Waals surface area contributed by atoms with E-state index in [-0.39, 0.29) is 5.69 Å². The summed E-state index contributed by atoms with van der Waals surface area (Å²) >= 11 is 3.30. The zero-order chi connectivity index (χ0) is 10.1. The first-order chi connectivity index (χ1) is 6.66. The molecule has 1 heterocycles. The second-order valence-corrected chi connectivity index (χ2v) is 3.79. The summed E-state index contributed by atoms with van der Waals surface area (Å²) in [5.74, 6) is 0. The summed E-state index contributed by atoms with van der Waals surface area (Å²) < 4.78 is 25.5. The molecule has 2 rings (SSSR count). The minimum atomic E-state index is -2.51. The predicted octanol–water partition coefficient (Wildman–Crippen LogP) is 3.93. The van der Waals surface area contributed by atoms with E-state index in [1.807, 2.05) is 6.07 Å². The van der Waals surface area contributed by atoms with Gasteiger partial charge in [-0.1, -0.05) is 22.0 Å². The molecule has 0 saturated heterocycles. The van der Waals surface area contributed by atoms with Crippen LogP contribution in [0.15, 0.2) is 34.8 Å². The largest absolute Gasteiger partial charge is 0.280 e. The molecule has 0 amide bonds. The lowest BCUT2D eigenvalue weighted by Crippen LogP contribution is -1.89. The third kappa shape index (κ3) is 1.75. The third-order valence-electron chi connectivity index (χ3n) is 1.90. The van der Waals surface area contributed by atoms with Crippen molar-refractivity contribution < 1.29 is 8.78 Å². The van der Waals surface area contributed by atoms with E-state index in [1.54, 1.807) is 18.2 Å². The van der Waals surface area contributed by atoms with Crippen molar-refractivity contribution in [3.05, 3.63) is 40.5 Å². The Morgan fingerprint density at radius 1 is 1.14 bits per heavy atom. The van der Waals surface area contributed by atoms with Crippen LogP contribution in [-0.2, 0) is 0 Å². The van der Waals surface area contributed by atoms with Crippen LogP contribution in [-0.4, -0.2) is 4.98 Å². The van der Waals surface area contributed by atoms with Gasteiger partial charge < -0.3 is 0 Å². The first-order valence-corrected chi connectivity index (χ1v) is 4.80. The molecule has 1 aromatic heterocycles. The average Bonchev–Trinajstić information content (AvgIpc) is 2.16. The SMILES string of the molecule is FC(F)c1ccc2cc(Br)ccc2n1. The lowest BCUT2D eigenvalue weighted by molar-refractivity contribution is 0.146. The number of pyridine rings is 1. The minimum Gasteiger partial charge on any atom is -0.247 e. The number of hydrogen-bond donors (Lipinski definition) is 0. The molecule has 0 N–H and O–H groups in total. The quantitative estimate of drug-likeness (QED) is 0.755. The molecule has 0 aliphatic rings. The summed E-state index contributed by atoms with van der Waals surface area (Å²) in [5.41, 5.74) is 0.408. The Kier molecular flexibility index (Phi) is 2.46. The van der Waals surface area contributed by atoms with Crippen LogP contribution < -0.4 is 0 Å². The van der Waals surface area contributed by atoms with Crippen molar-refractivity contribution in [3.8, 4) is 0 Å². The molecular weight excluding hydrogens is 252 g/mol.